The van der Waals surface area contributed by atoms with Gasteiger partial charge in [0.1, 0.15) is 5.82 Å². The Labute approximate surface area is 440 Å². The van der Waals surface area contributed by atoms with E-state index < -0.39 is 6.98 Å². The summed E-state index contributed by atoms with van der Waals surface area (Å²) in [6.07, 6.45) is 5.17. The summed E-state index contributed by atoms with van der Waals surface area (Å²) in [5.74, 6) is 1.72. The van der Waals surface area contributed by atoms with E-state index in [2.05, 4.69) is 199 Å². The fraction of sp³-hybridized carbons (Fsp3) is 0.0769. The average molecular weight is 1130 g/mol. The van der Waals surface area contributed by atoms with Crippen LogP contribution in [0, 0.1) is 18.5 Å². The van der Waals surface area contributed by atoms with Crippen molar-refractivity contribution in [3.8, 4) is 45.5 Å². The molecule has 0 aliphatic heterocycles. The predicted octanol–water partition coefficient (Wildman–Crippen LogP) is 15.3. The molecule has 7 nitrogen and oxygen atoms in total. The number of aryl methyl sites for hydroxylation is 1. The first-order valence-corrected chi connectivity index (χ1v) is 24.2. The normalized spacial score (nSPS) is 12.8. The molecule has 0 spiro atoms. The predicted molar refractivity (Wildman–Crippen MR) is 292 cm³/mol. The Morgan fingerprint density at radius 1 is 0.507 bits per heavy atom. The van der Waals surface area contributed by atoms with E-state index in [1.54, 1.807) is 4.57 Å². The molecule has 0 radical (unpaired) electrons. The number of imidazole rings is 1. The molecule has 0 saturated heterocycles. The molecule has 0 unspecified atom stereocenters. The second-order valence-corrected chi connectivity index (χ2v) is 19.4. The van der Waals surface area contributed by atoms with E-state index in [9.17, 15) is 0 Å². The topological polar surface area (TPSA) is 45.7 Å². The Kier molecular flexibility index (Phi) is 9.62. The zero-order valence-corrected chi connectivity index (χ0v) is 42.3. The molecule has 0 amide bonds. The molecule has 14 aromatic rings. The largest absolute Gasteiger partial charge is 0.510 e. The first-order chi connectivity index (χ1) is 36.5. The van der Waals surface area contributed by atoms with Gasteiger partial charge in [-0.25, -0.2) is 4.98 Å². The summed E-state index contributed by atoms with van der Waals surface area (Å²) in [4.78, 5) is 4.85. The van der Waals surface area contributed by atoms with Crippen LogP contribution in [0.3, 0.4) is 0 Å². The zero-order chi connectivity index (χ0) is 50.7. The molecule has 0 atom stereocenters. The second kappa shape index (κ2) is 17.1. The number of benzene rings is 9. The van der Waals surface area contributed by atoms with Crippen LogP contribution in [0.25, 0.3) is 110 Å². The summed E-state index contributed by atoms with van der Waals surface area (Å²) < 4.78 is 43.9. The van der Waals surface area contributed by atoms with E-state index in [-0.39, 0.29) is 26.5 Å². The molecule has 0 bridgehead atoms. The Balaban J connectivity index is 0.00000553. The fourth-order valence-corrected chi connectivity index (χ4v) is 11.0. The van der Waals surface area contributed by atoms with Gasteiger partial charge < -0.3 is 27.6 Å². The van der Waals surface area contributed by atoms with Gasteiger partial charge in [0.25, 0.3) is 0 Å². The molecule has 0 saturated carbocycles. The van der Waals surface area contributed by atoms with Crippen LogP contribution in [-0.2, 0) is 33.5 Å². The van der Waals surface area contributed by atoms with Gasteiger partial charge in [0.15, 0.2) is 0 Å². The molecule has 0 N–H and O–H groups in total. The molecular formula is C65H46N6OPt-2. The van der Waals surface area contributed by atoms with E-state index >= 15 is 0 Å². The van der Waals surface area contributed by atoms with Crippen molar-refractivity contribution in [1.29, 1.82) is 0 Å². The third-order valence-electron chi connectivity index (χ3n) is 14.2. The van der Waals surface area contributed by atoms with E-state index in [1.807, 2.05) is 60.8 Å². The molecule has 9 aromatic carbocycles. The smallest absolute Gasteiger partial charge is 0.242 e. The van der Waals surface area contributed by atoms with Crippen molar-refractivity contribution in [2.75, 3.05) is 0 Å². The van der Waals surface area contributed by atoms with E-state index in [4.69, 9.17) is 13.8 Å². The van der Waals surface area contributed by atoms with Crippen LogP contribution < -0.4 is 9.30 Å². The molecular weight excluding hydrogens is 1080 g/mol. The van der Waals surface area contributed by atoms with Crippen LogP contribution in [-0.4, -0.2) is 23.3 Å². The maximum atomic E-state index is 9.12. The summed E-state index contributed by atoms with van der Waals surface area (Å²) in [6, 6.07) is 75.5. The van der Waals surface area contributed by atoms with Crippen LogP contribution in [0.5, 0.6) is 11.5 Å². The van der Waals surface area contributed by atoms with E-state index in [1.165, 1.54) is 10.1 Å². The summed E-state index contributed by atoms with van der Waals surface area (Å²) >= 11 is 0. The molecule has 73 heavy (non-hydrogen) atoms. The Morgan fingerprint density at radius 3 is 1.59 bits per heavy atom. The molecule has 5 heterocycles. The van der Waals surface area contributed by atoms with E-state index in [0.29, 0.717) is 28.2 Å². The van der Waals surface area contributed by atoms with Crippen LogP contribution in [0.15, 0.2) is 206 Å². The van der Waals surface area contributed by atoms with Gasteiger partial charge in [-0.1, -0.05) is 147 Å². The van der Waals surface area contributed by atoms with Crippen LogP contribution in [0.2, 0.25) is 0 Å². The standard InChI is InChI=1S/C65H46N6O.Pt/c1-65(2,3)42-36-37-66-62(38-42)71-57-30-14-9-24-50(57)51-35-34-45(40-61(51)71)72-44-19-15-18-43(39-44)68-41-67(4)64-52(25-16-33-60(64)68)63-58(69-53-26-10-5-20-46(53)47-21-6-11-27-54(47)69)31-17-32-59(63)70-55-28-12-7-22-48(55)49-23-8-13-29-56(49)70;/h5-38H,1-4H3;/q-2;/i4D3;. The van der Waals surface area contributed by atoms with Crippen molar-refractivity contribution in [2.45, 2.75) is 26.2 Å². The Bertz CT molecular complexity index is 4390. The number of rotatable bonds is 7. The van der Waals surface area contributed by atoms with Crippen LogP contribution in [0.1, 0.15) is 30.4 Å². The van der Waals surface area contributed by atoms with Gasteiger partial charge in [-0.05, 0) is 76.5 Å². The van der Waals surface area contributed by atoms with Crippen molar-refractivity contribution in [1.82, 2.24) is 23.3 Å². The molecule has 14 rings (SSSR count). The van der Waals surface area contributed by atoms with Gasteiger partial charge in [-0.2, -0.15) is 18.2 Å². The maximum Gasteiger partial charge on any atom is 0.242 e. The third kappa shape index (κ3) is 6.98. The van der Waals surface area contributed by atoms with E-state index in [0.717, 1.165) is 93.7 Å². The van der Waals surface area contributed by atoms with Crippen molar-refractivity contribution >= 4 is 76.5 Å². The number of nitrogens with zero attached hydrogens (tertiary/aromatic N) is 6. The van der Waals surface area contributed by atoms with Gasteiger partial charge in [0.05, 0.1) is 55.6 Å². The number of aromatic nitrogens is 6. The number of para-hydroxylation sites is 6. The Hall–Kier alpha value is -8.51. The minimum Gasteiger partial charge on any atom is -0.510 e. The van der Waals surface area contributed by atoms with Crippen molar-refractivity contribution in [2.24, 2.45) is 6.98 Å². The van der Waals surface area contributed by atoms with Crippen molar-refractivity contribution < 1.29 is 34.5 Å². The summed E-state index contributed by atoms with van der Waals surface area (Å²) in [5, 5.41) is 6.60. The number of ether oxygens (including phenoxy) is 1. The number of pyridine rings is 1. The fourth-order valence-electron chi connectivity index (χ4n) is 11.0. The molecule has 0 fully saturated rings. The van der Waals surface area contributed by atoms with Gasteiger partial charge in [0, 0.05) is 71.4 Å². The van der Waals surface area contributed by atoms with Crippen molar-refractivity contribution in [3.05, 3.63) is 230 Å². The number of hydrogen-bond donors (Lipinski definition) is 0. The minimum atomic E-state index is -2.63. The summed E-state index contributed by atoms with van der Waals surface area (Å²) in [7, 11) is 0. The monoisotopic (exact) mass is 1120 g/mol. The van der Waals surface area contributed by atoms with Crippen LogP contribution >= 0.6 is 0 Å². The quantitative estimate of drug-likeness (QED) is 0.118. The molecule has 8 heteroatoms. The molecule has 5 aromatic heterocycles. The maximum absolute atomic E-state index is 9.12. The molecule has 354 valence electrons. The second-order valence-electron chi connectivity index (χ2n) is 19.4. The SMILES string of the molecule is [2H]C([2H])([2H])[n+]1[c-]n(-c2[c-]c(Oc3[c-]c4c(cc3)c3ccccc3n4-c3cc(C(C)(C)C)ccn3)ccc2)c2cccc(-c3c(-n4c5ccccc5c5ccccc54)cccc3-n3c4ccccc4c4ccccc43)c21.[Pt]. The van der Waals surface area contributed by atoms with Crippen molar-refractivity contribution in [3.63, 3.8) is 0 Å². The van der Waals surface area contributed by atoms with Gasteiger partial charge in [0.2, 0.25) is 6.33 Å². The Morgan fingerprint density at radius 2 is 1.01 bits per heavy atom. The van der Waals surface area contributed by atoms with Gasteiger partial charge in [-0.15, -0.1) is 29.7 Å². The molecule has 0 aliphatic rings. The van der Waals surface area contributed by atoms with Gasteiger partial charge >= 0.3 is 0 Å². The van der Waals surface area contributed by atoms with Crippen LogP contribution in [0.4, 0.5) is 0 Å². The minimum absolute atomic E-state index is 0. The zero-order valence-electron chi connectivity index (χ0n) is 43.0. The first-order valence-electron chi connectivity index (χ1n) is 25.7. The average Bonchev–Trinajstić information content (AvgIpc) is 4.19. The molecule has 0 aliphatic carbocycles. The first kappa shape index (κ1) is 41.1. The number of hydrogen-bond acceptors (Lipinski definition) is 2. The number of fused-ring (bicyclic) bond motifs is 10. The summed E-state index contributed by atoms with van der Waals surface area (Å²) in [5.41, 5.74) is 12.1. The van der Waals surface area contributed by atoms with Gasteiger partial charge in [-0.3, -0.25) is 0 Å². The third-order valence-corrected chi connectivity index (χ3v) is 14.2. The summed E-state index contributed by atoms with van der Waals surface area (Å²) in [6.45, 7) is 3.97.